The fraction of sp³-hybridized carbons (Fsp3) is 0.417. The zero-order valence-corrected chi connectivity index (χ0v) is 9.67. The zero-order valence-electron chi connectivity index (χ0n) is 9.67. The highest BCUT2D eigenvalue weighted by Crippen LogP contribution is 2.18. The molecule has 1 unspecified atom stereocenters. The van der Waals surface area contributed by atoms with Crippen molar-refractivity contribution >= 4 is 5.97 Å². The van der Waals surface area contributed by atoms with Gasteiger partial charge < -0.3 is 14.9 Å². The fourth-order valence-corrected chi connectivity index (χ4v) is 1.60. The minimum absolute atomic E-state index is 0.209. The second-order valence-electron chi connectivity index (χ2n) is 3.88. The first kappa shape index (κ1) is 13.6. The van der Waals surface area contributed by atoms with Crippen LogP contribution in [0.1, 0.15) is 12.0 Å². The first-order valence-corrected chi connectivity index (χ1v) is 5.30. The van der Waals surface area contributed by atoms with Gasteiger partial charge in [0.15, 0.2) is 0 Å². The molecule has 1 aromatic rings. The zero-order chi connectivity index (χ0) is 12.9. The molecule has 94 valence electrons. The Kier molecular flexibility index (Phi) is 4.62. The number of carbonyl (C=O) groups excluding carboxylic acids is 1. The van der Waals surface area contributed by atoms with Gasteiger partial charge in [-0.2, -0.15) is 0 Å². The maximum Gasteiger partial charge on any atom is 0.315 e. The molecule has 0 fully saturated rings. The van der Waals surface area contributed by atoms with Gasteiger partial charge in [0.2, 0.25) is 5.91 Å². The molecule has 0 amide bonds. The van der Waals surface area contributed by atoms with E-state index in [1.54, 1.807) is 0 Å². The van der Waals surface area contributed by atoms with E-state index in [2.05, 4.69) is 4.74 Å². The van der Waals surface area contributed by atoms with Crippen molar-refractivity contribution in [2.75, 3.05) is 7.11 Å². The molecule has 4 N–H and O–H groups in total. The molecule has 0 aliphatic carbocycles. The molecule has 0 radical (unpaired) electrons. The van der Waals surface area contributed by atoms with Gasteiger partial charge in [0.25, 0.3) is 0 Å². The molecule has 1 rings (SSSR count). The normalized spacial score (nSPS) is 13.2. The Labute approximate surface area is 99.8 Å². The standard InChI is InChI=1S/C12H17NO4/c1-17-11(14)10(12(13,15)16)8-7-9-5-3-2-4-6-9/h2-6,10,15-16H,7-8,13H2,1H3. The minimum Gasteiger partial charge on any atom is -0.469 e. The van der Waals surface area contributed by atoms with Gasteiger partial charge in [-0.3, -0.25) is 10.5 Å². The monoisotopic (exact) mass is 239 g/mol. The molecule has 5 heteroatoms. The van der Waals surface area contributed by atoms with E-state index < -0.39 is 17.8 Å². The van der Waals surface area contributed by atoms with Gasteiger partial charge in [-0.05, 0) is 18.4 Å². The third-order valence-corrected chi connectivity index (χ3v) is 2.56. The molecule has 0 bridgehead atoms. The number of methoxy groups -OCH3 is 1. The summed E-state index contributed by atoms with van der Waals surface area (Å²) < 4.78 is 4.49. The summed E-state index contributed by atoms with van der Waals surface area (Å²) in [6, 6.07) is 9.40. The maximum atomic E-state index is 11.4. The van der Waals surface area contributed by atoms with Crippen LogP contribution in [0.15, 0.2) is 30.3 Å². The molecule has 1 atom stereocenters. The summed E-state index contributed by atoms with van der Waals surface area (Å²) >= 11 is 0. The summed E-state index contributed by atoms with van der Waals surface area (Å²) in [5.41, 5.74) is 6.12. The number of nitrogens with two attached hydrogens (primary N) is 1. The summed E-state index contributed by atoms with van der Waals surface area (Å²) in [6.45, 7) is 0. The van der Waals surface area contributed by atoms with E-state index in [1.807, 2.05) is 30.3 Å². The van der Waals surface area contributed by atoms with Crippen LogP contribution in [0.25, 0.3) is 0 Å². The number of rotatable bonds is 5. The Hall–Kier alpha value is -1.43. The largest absolute Gasteiger partial charge is 0.469 e. The van der Waals surface area contributed by atoms with Crippen LogP contribution in [0.4, 0.5) is 0 Å². The Morgan fingerprint density at radius 2 is 2.00 bits per heavy atom. The van der Waals surface area contributed by atoms with Crippen molar-refractivity contribution in [3.05, 3.63) is 35.9 Å². The number of esters is 1. The van der Waals surface area contributed by atoms with Gasteiger partial charge in [-0.1, -0.05) is 30.3 Å². The van der Waals surface area contributed by atoms with E-state index >= 15 is 0 Å². The van der Waals surface area contributed by atoms with Crippen molar-refractivity contribution < 1.29 is 19.7 Å². The first-order chi connectivity index (χ1) is 7.95. The fourth-order valence-electron chi connectivity index (χ4n) is 1.60. The number of aryl methyl sites for hydroxylation is 1. The molecule has 0 saturated heterocycles. The minimum atomic E-state index is -2.55. The highest BCUT2D eigenvalue weighted by atomic mass is 16.5. The quantitative estimate of drug-likeness (QED) is 0.497. The van der Waals surface area contributed by atoms with Crippen LogP contribution >= 0.6 is 0 Å². The van der Waals surface area contributed by atoms with Gasteiger partial charge >= 0.3 is 5.97 Å². The van der Waals surface area contributed by atoms with Crippen molar-refractivity contribution in [3.63, 3.8) is 0 Å². The summed E-state index contributed by atoms with van der Waals surface area (Å²) in [5.74, 6) is -4.44. The lowest BCUT2D eigenvalue weighted by Crippen LogP contribution is -2.50. The third kappa shape index (κ3) is 4.14. The van der Waals surface area contributed by atoms with Gasteiger partial charge in [0, 0.05) is 0 Å². The van der Waals surface area contributed by atoms with Crippen LogP contribution in [0.3, 0.4) is 0 Å². The molecule has 1 aromatic carbocycles. The number of benzene rings is 1. The summed E-state index contributed by atoms with van der Waals surface area (Å²) in [5, 5.41) is 18.6. The first-order valence-electron chi connectivity index (χ1n) is 5.30. The smallest absolute Gasteiger partial charge is 0.315 e. The van der Waals surface area contributed by atoms with E-state index in [-0.39, 0.29) is 6.42 Å². The van der Waals surface area contributed by atoms with Crippen molar-refractivity contribution in [2.24, 2.45) is 11.7 Å². The average Bonchev–Trinajstić information content (AvgIpc) is 2.28. The Balaban J connectivity index is 2.65. The Morgan fingerprint density at radius 3 is 2.47 bits per heavy atom. The summed E-state index contributed by atoms with van der Waals surface area (Å²) in [7, 11) is 1.18. The highest BCUT2D eigenvalue weighted by molar-refractivity contribution is 5.73. The third-order valence-electron chi connectivity index (χ3n) is 2.56. The Morgan fingerprint density at radius 1 is 1.41 bits per heavy atom. The second kappa shape index (κ2) is 5.77. The molecule has 0 aromatic heterocycles. The predicted octanol–water partition coefficient (Wildman–Crippen LogP) is 0.00550. The molecule has 0 aliphatic heterocycles. The van der Waals surface area contributed by atoms with Crippen LogP contribution in [-0.2, 0) is 16.0 Å². The SMILES string of the molecule is COC(=O)C(CCc1ccccc1)C(N)(O)O. The second-order valence-corrected chi connectivity index (χ2v) is 3.88. The summed E-state index contributed by atoms with van der Waals surface area (Å²) in [4.78, 5) is 11.4. The Bertz CT molecular complexity index is 359. The highest BCUT2D eigenvalue weighted by Gasteiger charge is 2.36. The topological polar surface area (TPSA) is 92.8 Å². The van der Waals surface area contributed by atoms with Crippen LogP contribution in [0.5, 0.6) is 0 Å². The number of carbonyl (C=O) groups is 1. The molecule has 0 heterocycles. The molecule has 5 nitrogen and oxygen atoms in total. The van der Waals surface area contributed by atoms with Crippen molar-refractivity contribution in [1.82, 2.24) is 0 Å². The van der Waals surface area contributed by atoms with E-state index in [1.165, 1.54) is 7.11 Å². The van der Waals surface area contributed by atoms with Crippen molar-refractivity contribution in [3.8, 4) is 0 Å². The lowest BCUT2D eigenvalue weighted by atomic mass is 9.96. The van der Waals surface area contributed by atoms with Crippen LogP contribution in [0.2, 0.25) is 0 Å². The molecular formula is C12H17NO4. The lowest BCUT2D eigenvalue weighted by molar-refractivity contribution is -0.209. The van der Waals surface area contributed by atoms with Gasteiger partial charge in [-0.15, -0.1) is 0 Å². The van der Waals surface area contributed by atoms with Crippen LogP contribution in [0, 0.1) is 5.92 Å². The number of ether oxygens (including phenoxy) is 1. The number of hydrogen-bond acceptors (Lipinski definition) is 5. The number of hydrogen-bond donors (Lipinski definition) is 3. The molecule has 0 aliphatic rings. The van der Waals surface area contributed by atoms with Gasteiger partial charge in [-0.25, -0.2) is 0 Å². The van der Waals surface area contributed by atoms with Gasteiger partial charge in [0.05, 0.1) is 7.11 Å². The maximum absolute atomic E-state index is 11.4. The molecule has 17 heavy (non-hydrogen) atoms. The van der Waals surface area contributed by atoms with E-state index in [9.17, 15) is 15.0 Å². The molecular weight excluding hydrogens is 222 g/mol. The predicted molar refractivity (Wildman–Crippen MR) is 61.6 cm³/mol. The van der Waals surface area contributed by atoms with Gasteiger partial charge in [0.1, 0.15) is 5.92 Å². The average molecular weight is 239 g/mol. The van der Waals surface area contributed by atoms with E-state index in [0.717, 1.165) is 5.56 Å². The molecule has 0 spiro atoms. The molecule has 0 saturated carbocycles. The van der Waals surface area contributed by atoms with Crippen molar-refractivity contribution in [2.45, 2.75) is 18.8 Å². The van der Waals surface area contributed by atoms with E-state index in [4.69, 9.17) is 5.73 Å². The van der Waals surface area contributed by atoms with Crippen LogP contribution < -0.4 is 5.73 Å². The lowest BCUT2D eigenvalue weighted by Gasteiger charge is -2.24. The number of aliphatic hydroxyl groups is 2. The van der Waals surface area contributed by atoms with Crippen LogP contribution in [-0.4, -0.2) is 29.2 Å². The van der Waals surface area contributed by atoms with E-state index in [0.29, 0.717) is 6.42 Å². The van der Waals surface area contributed by atoms with Crippen molar-refractivity contribution in [1.29, 1.82) is 0 Å². The summed E-state index contributed by atoms with van der Waals surface area (Å²) in [6.07, 6.45) is 0.723.